The number of aliphatic hydroxyl groups excluding tert-OH is 1. The predicted molar refractivity (Wildman–Crippen MR) is 146 cm³/mol. The summed E-state index contributed by atoms with van der Waals surface area (Å²) in [5.41, 5.74) is 3.88. The quantitative estimate of drug-likeness (QED) is 0.324. The van der Waals surface area contributed by atoms with E-state index >= 15 is 0 Å². The molecule has 37 heavy (non-hydrogen) atoms. The molecule has 1 saturated heterocycles. The maximum absolute atomic E-state index is 13.7. The van der Waals surface area contributed by atoms with Crippen molar-refractivity contribution in [2.75, 3.05) is 31.3 Å². The highest BCUT2D eigenvalue weighted by Crippen LogP contribution is 2.38. The van der Waals surface area contributed by atoms with Gasteiger partial charge in [0.15, 0.2) is 16.6 Å². The number of benzene rings is 1. The lowest BCUT2D eigenvalue weighted by Gasteiger charge is -2.29. The monoisotopic (exact) mass is 537 g/mol. The molecule has 0 saturated carbocycles. The van der Waals surface area contributed by atoms with Crippen LogP contribution in [0.1, 0.15) is 47.5 Å². The molecular formula is C26H28FN7OS2. The summed E-state index contributed by atoms with van der Waals surface area (Å²) >= 11 is 3.12. The Morgan fingerprint density at radius 2 is 2.03 bits per heavy atom. The summed E-state index contributed by atoms with van der Waals surface area (Å²) in [6, 6.07) is 10.2. The van der Waals surface area contributed by atoms with E-state index in [1.165, 1.54) is 29.5 Å². The summed E-state index contributed by atoms with van der Waals surface area (Å²) in [6.07, 6.45) is 4.96. The maximum atomic E-state index is 13.7. The molecule has 1 fully saturated rings. The van der Waals surface area contributed by atoms with Gasteiger partial charge < -0.3 is 10.0 Å². The molecule has 4 heterocycles. The fourth-order valence-electron chi connectivity index (χ4n) is 4.81. The third-order valence-corrected chi connectivity index (χ3v) is 8.80. The lowest BCUT2D eigenvalue weighted by Crippen LogP contribution is -2.27. The minimum atomic E-state index is -0.488. The number of hydrogen-bond donors (Lipinski definition) is 1. The molecule has 11 heteroatoms. The molecule has 3 aromatic heterocycles. The van der Waals surface area contributed by atoms with Crippen LogP contribution >= 0.6 is 23.3 Å². The molecule has 1 aliphatic rings. The smallest absolute Gasteiger partial charge is 0.191 e. The van der Waals surface area contributed by atoms with Crippen LogP contribution in [-0.2, 0) is 13.0 Å². The second-order valence-corrected chi connectivity index (χ2v) is 10.9. The number of hydrogen-bond acceptors (Lipinski definition) is 9. The number of aryl methyl sites for hydroxylation is 1. The van der Waals surface area contributed by atoms with Crippen molar-refractivity contribution in [3.8, 4) is 17.3 Å². The van der Waals surface area contributed by atoms with E-state index in [9.17, 15) is 14.8 Å². The molecule has 8 nitrogen and oxygen atoms in total. The van der Waals surface area contributed by atoms with Crippen molar-refractivity contribution in [1.29, 1.82) is 5.26 Å². The number of fused-ring (bicyclic) bond motifs is 1. The lowest BCUT2D eigenvalue weighted by molar-refractivity contribution is 0.286. The van der Waals surface area contributed by atoms with Crippen molar-refractivity contribution in [3.05, 3.63) is 58.0 Å². The van der Waals surface area contributed by atoms with Crippen molar-refractivity contribution < 1.29 is 9.50 Å². The number of anilines is 2. The van der Waals surface area contributed by atoms with Gasteiger partial charge in [-0.3, -0.25) is 4.31 Å². The maximum Gasteiger partial charge on any atom is 0.191 e. The van der Waals surface area contributed by atoms with E-state index < -0.39 is 5.82 Å². The zero-order chi connectivity index (χ0) is 26.1. The molecule has 0 amide bonds. The summed E-state index contributed by atoms with van der Waals surface area (Å²) in [6.45, 7) is 3.90. The zero-order valence-electron chi connectivity index (χ0n) is 21.0. The number of halogens is 1. The minimum Gasteiger partial charge on any atom is -0.391 e. The normalized spacial score (nSPS) is 14.8. The van der Waals surface area contributed by atoms with Gasteiger partial charge in [0.25, 0.3) is 0 Å². The predicted octanol–water partition coefficient (Wildman–Crippen LogP) is 5.14. The lowest BCUT2D eigenvalue weighted by atomic mass is 9.94. The molecular weight excluding hydrogens is 509 g/mol. The third-order valence-electron chi connectivity index (χ3n) is 6.80. The second kappa shape index (κ2) is 10.8. The minimum absolute atomic E-state index is 0.178. The Morgan fingerprint density at radius 1 is 1.24 bits per heavy atom. The van der Waals surface area contributed by atoms with Crippen molar-refractivity contribution in [2.24, 2.45) is 0 Å². The van der Waals surface area contributed by atoms with Crippen LogP contribution in [0.4, 0.5) is 15.3 Å². The van der Waals surface area contributed by atoms with Crippen LogP contribution in [0, 0.1) is 17.1 Å². The molecule has 192 valence electrons. The average Bonchev–Trinajstić information content (AvgIpc) is 3.53. The highest BCUT2D eigenvalue weighted by Gasteiger charge is 2.25. The molecule has 0 radical (unpaired) electrons. The van der Waals surface area contributed by atoms with Gasteiger partial charge >= 0.3 is 0 Å². The van der Waals surface area contributed by atoms with E-state index in [1.807, 2.05) is 28.6 Å². The molecule has 0 aliphatic carbocycles. The Hall–Kier alpha value is -3.04. The average molecular weight is 538 g/mol. The molecule has 1 N–H and O–H groups in total. The molecule has 0 atom stereocenters. The highest BCUT2D eigenvalue weighted by molar-refractivity contribution is 7.96. The van der Waals surface area contributed by atoms with E-state index in [0.29, 0.717) is 33.6 Å². The van der Waals surface area contributed by atoms with E-state index in [4.69, 9.17) is 15.1 Å². The zero-order valence-corrected chi connectivity index (χ0v) is 22.6. The Kier molecular flexibility index (Phi) is 7.44. The topological polar surface area (TPSA) is 93.6 Å². The SMILES string of the molecule is CCc1nc2ccc(C3CCN(SC)CC3)nn2c1N(C)c1nc(-c2ccc(F)cc2C#N)c(CO)s1. The number of rotatable bonds is 7. The van der Waals surface area contributed by atoms with Crippen molar-refractivity contribution in [2.45, 2.75) is 38.7 Å². The Labute approximate surface area is 223 Å². The fraction of sp³-hybridized carbons (Fsp3) is 0.385. The third kappa shape index (κ3) is 4.82. The van der Waals surface area contributed by atoms with Gasteiger partial charge in [-0.2, -0.15) is 14.9 Å². The van der Waals surface area contributed by atoms with Crippen molar-refractivity contribution in [1.82, 2.24) is 23.9 Å². The van der Waals surface area contributed by atoms with Crippen molar-refractivity contribution >= 4 is 39.9 Å². The molecule has 1 aliphatic heterocycles. The van der Waals surface area contributed by atoms with Crippen LogP contribution in [0.5, 0.6) is 0 Å². The number of thiazole rings is 1. The van der Waals surface area contributed by atoms with Crippen molar-refractivity contribution in [3.63, 3.8) is 0 Å². The molecule has 4 aromatic rings. The fourth-order valence-corrected chi connectivity index (χ4v) is 6.29. The van der Waals surface area contributed by atoms with Crippen LogP contribution in [0.3, 0.4) is 0 Å². The first-order valence-electron chi connectivity index (χ1n) is 12.2. The Morgan fingerprint density at radius 3 is 2.70 bits per heavy atom. The van der Waals surface area contributed by atoms with Crippen LogP contribution in [0.15, 0.2) is 30.3 Å². The van der Waals surface area contributed by atoms with Gasteiger partial charge in [-0.05, 0) is 55.9 Å². The second-order valence-electron chi connectivity index (χ2n) is 8.94. The number of imidazole rings is 1. The van der Waals surface area contributed by atoms with E-state index in [2.05, 4.69) is 23.6 Å². The first-order chi connectivity index (χ1) is 18.0. The number of nitriles is 1. The molecule has 5 rings (SSSR count). The first kappa shape index (κ1) is 25.6. The van der Waals surface area contributed by atoms with Gasteiger partial charge in [0.05, 0.1) is 40.2 Å². The van der Waals surface area contributed by atoms with Crippen LogP contribution in [0.2, 0.25) is 0 Å². The summed E-state index contributed by atoms with van der Waals surface area (Å²) in [5.74, 6) is 0.733. The van der Waals surface area contributed by atoms with Gasteiger partial charge in [0.1, 0.15) is 5.82 Å². The molecule has 0 bridgehead atoms. The number of aliphatic hydroxyl groups is 1. The van der Waals surface area contributed by atoms with E-state index in [1.54, 1.807) is 11.9 Å². The van der Waals surface area contributed by atoms with Crippen LogP contribution < -0.4 is 4.90 Å². The highest BCUT2D eigenvalue weighted by atomic mass is 32.2. The summed E-state index contributed by atoms with van der Waals surface area (Å²) in [7, 11) is 1.91. The van der Waals surface area contributed by atoms with E-state index in [0.717, 1.165) is 48.8 Å². The van der Waals surface area contributed by atoms with Gasteiger partial charge in [-0.1, -0.05) is 30.2 Å². The largest absolute Gasteiger partial charge is 0.391 e. The summed E-state index contributed by atoms with van der Waals surface area (Å²) in [5, 5.41) is 25.3. The Balaban J connectivity index is 1.55. The molecule has 0 unspecified atom stereocenters. The first-order valence-corrected chi connectivity index (χ1v) is 14.2. The van der Waals surface area contributed by atoms with Gasteiger partial charge in [0.2, 0.25) is 0 Å². The summed E-state index contributed by atoms with van der Waals surface area (Å²) < 4.78 is 18.0. The van der Waals surface area contributed by atoms with Gasteiger partial charge in [-0.25, -0.2) is 14.4 Å². The van der Waals surface area contributed by atoms with Crippen LogP contribution in [-0.4, -0.2) is 55.4 Å². The number of piperidine rings is 1. The molecule has 1 aromatic carbocycles. The van der Waals surface area contributed by atoms with Crippen LogP contribution in [0.25, 0.3) is 16.9 Å². The number of aromatic nitrogens is 4. The van der Waals surface area contributed by atoms with E-state index in [-0.39, 0.29) is 12.2 Å². The number of nitrogens with zero attached hydrogens (tertiary/aromatic N) is 7. The summed E-state index contributed by atoms with van der Waals surface area (Å²) in [4.78, 5) is 12.2. The van der Waals surface area contributed by atoms with Gasteiger partial charge in [0, 0.05) is 31.6 Å². The molecule has 0 spiro atoms. The van der Waals surface area contributed by atoms with Gasteiger partial charge in [-0.15, -0.1) is 0 Å². The standard InChI is InChI=1S/C26H28FN7OS2/c1-4-20-25(34-23(29-20)8-7-21(31-34)16-9-11-33(36-3)12-10-16)32(2)26-30-24(22(15-35)37-26)19-6-5-18(27)13-17(19)14-28/h5-8,13,16,35H,4,9-12,15H2,1-3H3. The Bertz CT molecular complexity index is 1470.